The molecule has 7 heteroatoms. The molecule has 1 amide bonds. The van der Waals surface area contributed by atoms with Gasteiger partial charge in [-0.3, -0.25) is 4.79 Å². The average molecular weight is 321 g/mol. The van der Waals surface area contributed by atoms with Crippen LogP contribution in [-0.2, 0) is 4.79 Å². The molecule has 1 saturated carbocycles. The number of carbonyl (C=O) groups is 1. The van der Waals surface area contributed by atoms with Crippen molar-refractivity contribution in [3.8, 4) is 11.5 Å². The van der Waals surface area contributed by atoms with Crippen LogP contribution in [-0.4, -0.2) is 27.9 Å². The van der Waals surface area contributed by atoms with E-state index >= 15 is 0 Å². The summed E-state index contributed by atoms with van der Waals surface area (Å²) >= 11 is 1.20. The lowest BCUT2D eigenvalue weighted by atomic mass is 10.2. The van der Waals surface area contributed by atoms with Crippen molar-refractivity contribution in [1.29, 1.82) is 0 Å². The van der Waals surface area contributed by atoms with E-state index in [1.54, 1.807) is 12.1 Å². The maximum absolute atomic E-state index is 12.9. The minimum Gasteiger partial charge on any atom is -0.411 e. The van der Waals surface area contributed by atoms with E-state index in [-0.39, 0.29) is 17.5 Å². The predicted molar refractivity (Wildman–Crippen MR) is 80.8 cm³/mol. The normalized spacial score (nSPS) is 15.1. The standard InChI is InChI=1S/C15H16FN3O2S/c16-11-7-5-10(6-8-11)14-18-19-15(21-14)22-9-13(20)17-12-3-1-2-4-12/h5-8,12H,1-4,9H2,(H,17,20). The number of hydrogen-bond acceptors (Lipinski definition) is 5. The first kappa shape index (κ1) is 15.0. The highest BCUT2D eigenvalue weighted by Crippen LogP contribution is 2.23. The van der Waals surface area contributed by atoms with Crippen molar-refractivity contribution in [2.45, 2.75) is 36.9 Å². The van der Waals surface area contributed by atoms with Crippen molar-refractivity contribution in [3.05, 3.63) is 30.1 Å². The molecule has 2 aromatic rings. The Balaban J connectivity index is 1.53. The van der Waals surface area contributed by atoms with Crippen LogP contribution in [0.25, 0.3) is 11.5 Å². The summed E-state index contributed by atoms with van der Waals surface area (Å²) < 4.78 is 18.3. The molecule has 1 aliphatic rings. The van der Waals surface area contributed by atoms with Crippen LogP contribution in [0.15, 0.2) is 33.9 Å². The summed E-state index contributed by atoms with van der Waals surface area (Å²) in [7, 11) is 0. The Morgan fingerprint density at radius 3 is 2.73 bits per heavy atom. The summed E-state index contributed by atoms with van der Waals surface area (Å²) in [5, 5.41) is 11.1. The van der Waals surface area contributed by atoms with Gasteiger partial charge in [-0.25, -0.2) is 4.39 Å². The molecule has 22 heavy (non-hydrogen) atoms. The number of rotatable bonds is 5. The van der Waals surface area contributed by atoms with Crippen molar-refractivity contribution in [2.75, 3.05) is 5.75 Å². The quantitative estimate of drug-likeness (QED) is 0.857. The number of aromatic nitrogens is 2. The summed E-state index contributed by atoms with van der Waals surface area (Å²) in [5.74, 6) is 0.236. The van der Waals surface area contributed by atoms with Crippen molar-refractivity contribution in [2.24, 2.45) is 0 Å². The van der Waals surface area contributed by atoms with E-state index in [2.05, 4.69) is 15.5 Å². The van der Waals surface area contributed by atoms with E-state index in [0.717, 1.165) is 12.8 Å². The second-order valence-corrected chi connectivity index (χ2v) is 6.14. The van der Waals surface area contributed by atoms with Gasteiger partial charge in [0, 0.05) is 11.6 Å². The maximum Gasteiger partial charge on any atom is 0.277 e. The number of thioether (sulfide) groups is 1. The van der Waals surface area contributed by atoms with Crippen LogP contribution in [0, 0.1) is 5.82 Å². The average Bonchev–Trinajstić information content (AvgIpc) is 3.17. The zero-order valence-electron chi connectivity index (χ0n) is 11.9. The molecule has 1 aromatic heterocycles. The highest BCUT2D eigenvalue weighted by atomic mass is 32.2. The lowest BCUT2D eigenvalue weighted by Crippen LogP contribution is -2.33. The van der Waals surface area contributed by atoms with Crippen LogP contribution in [0.1, 0.15) is 25.7 Å². The molecule has 0 atom stereocenters. The summed E-state index contributed by atoms with van der Waals surface area (Å²) in [6.45, 7) is 0. The molecule has 1 heterocycles. The number of amides is 1. The molecule has 0 spiro atoms. The largest absolute Gasteiger partial charge is 0.411 e. The summed E-state index contributed by atoms with van der Waals surface area (Å²) in [5.41, 5.74) is 0.649. The molecule has 0 unspecified atom stereocenters. The molecule has 5 nitrogen and oxygen atoms in total. The van der Waals surface area contributed by atoms with Crippen molar-refractivity contribution in [1.82, 2.24) is 15.5 Å². The third-order valence-corrected chi connectivity index (χ3v) is 4.36. The molecule has 3 rings (SSSR count). The number of hydrogen-bond donors (Lipinski definition) is 1. The molecule has 1 aliphatic carbocycles. The van der Waals surface area contributed by atoms with Crippen LogP contribution in [0.3, 0.4) is 0 Å². The van der Waals surface area contributed by atoms with Crippen LogP contribution >= 0.6 is 11.8 Å². The van der Waals surface area contributed by atoms with Gasteiger partial charge in [-0.1, -0.05) is 24.6 Å². The maximum atomic E-state index is 12.9. The number of halogens is 1. The van der Waals surface area contributed by atoms with Crippen molar-refractivity contribution in [3.63, 3.8) is 0 Å². The first-order valence-corrected chi connectivity index (χ1v) is 8.21. The van der Waals surface area contributed by atoms with Gasteiger partial charge in [-0.15, -0.1) is 10.2 Å². The van der Waals surface area contributed by atoms with E-state index in [9.17, 15) is 9.18 Å². The Kier molecular flexibility index (Phi) is 4.72. The summed E-state index contributed by atoms with van der Waals surface area (Å²) in [6, 6.07) is 6.13. The fourth-order valence-electron chi connectivity index (χ4n) is 2.44. The predicted octanol–water partition coefficient (Wildman–Crippen LogP) is 3.03. The first-order chi connectivity index (χ1) is 10.7. The molecule has 0 radical (unpaired) electrons. The van der Waals surface area contributed by atoms with Crippen LogP contribution in [0.5, 0.6) is 0 Å². The number of benzene rings is 1. The molecule has 116 valence electrons. The van der Waals surface area contributed by atoms with E-state index in [1.165, 1.54) is 36.7 Å². The Morgan fingerprint density at radius 2 is 2.00 bits per heavy atom. The monoisotopic (exact) mass is 321 g/mol. The Labute approximate surface area is 131 Å². The molecular formula is C15H16FN3O2S. The molecule has 0 bridgehead atoms. The second kappa shape index (κ2) is 6.91. The molecule has 1 fully saturated rings. The van der Waals surface area contributed by atoms with Crippen LogP contribution in [0.4, 0.5) is 4.39 Å². The third-order valence-electron chi connectivity index (χ3n) is 3.54. The Hall–Kier alpha value is -1.89. The zero-order valence-corrected chi connectivity index (χ0v) is 12.7. The number of carbonyl (C=O) groups excluding carboxylic acids is 1. The highest BCUT2D eigenvalue weighted by molar-refractivity contribution is 7.99. The van der Waals surface area contributed by atoms with E-state index in [0.29, 0.717) is 22.7 Å². The highest BCUT2D eigenvalue weighted by Gasteiger charge is 2.18. The van der Waals surface area contributed by atoms with Gasteiger partial charge >= 0.3 is 0 Å². The molecule has 1 aromatic carbocycles. The lowest BCUT2D eigenvalue weighted by Gasteiger charge is -2.10. The minimum atomic E-state index is -0.318. The van der Waals surface area contributed by atoms with E-state index in [4.69, 9.17) is 4.42 Å². The topological polar surface area (TPSA) is 68.0 Å². The number of nitrogens with one attached hydrogen (secondary N) is 1. The van der Waals surface area contributed by atoms with Crippen LogP contribution in [0.2, 0.25) is 0 Å². The fraction of sp³-hybridized carbons (Fsp3) is 0.400. The molecule has 0 saturated heterocycles. The Morgan fingerprint density at radius 1 is 1.27 bits per heavy atom. The summed E-state index contributed by atoms with van der Waals surface area (Å²) in [6.07, 6.45) is 4.49. The van der Waals surface area contributed by atoms with Gasteiger partial charge in [-0.2, -0.15) is 0 Å². The van der Waals surface area contributed by atoms with E-state index in [1.807, 2.05) is 0 Å². The molecular weight excluding hydrogens is 305 g/mol. The smallest absolute Gasteiger partial charge is 0.277 e. The van der Waals surface area contributed by atoms with Gasteiger partial charge in [0.15, 0.2) is 0 Å². The zero-order chi connectivity index (χ0) is 15.4. The third kappa shape index (κ3) is 3.85. The van der Waals surface area contributed by atoms with E-state index < -0.39 is 0 Å². The Bertz CT molecular complexity index is 638. The van der Waals surface area contributed by atoms with Gasteiger partial charge in [0.1, 0.15) is 5.82 Å². The van der Waals surface area contributed by atoms with Crippen molar-refractivity contribution >= 4 is 17.7 Å². The molecule has 1 N–H and O–H groups in total. The van der Waals surface area contributed by atoms with Gasteiger partial charge in [-0.05, 0) is 37.1 Å². The first-order valence-electron chi connectivity index (χ1n) is 7.22. The molecule has 0 aliphatic heterocycles. The van der Waals surface area contributed by atoms with Gasteiger partial charge in [0.05, 0.1) is 5.75 Å². The van der Waals surface area contributed by atoms with Gasteiger partial charge in [0.25, 0.3) is 5.22 Å². The van der Waals surface area contributed by atoms with Gasteiger partial charge < -0.3 is 9.73 Å². The van der Waals surface area contributed by atoms with Crippen molar-refractivity contribution < 1.29 is 13.6 Å². The van der Waals surface area contributed by atoms with Crippen LogP contribution < -0.4 is 5.32 Å². The van der Waals surface area contributed by atoms with Gasteiger partial charge in [0.2, 0.25) is 11.8 Å². The number of nitrogens with zero attached hydrogens (tertiary/aromatic N) is 2. The SMILES string of the molecule is O=C(CSc1nnc(-c2ccc(F)cc2)o1)NC1CCCC1. The minimum absolute atomic E-state index is 0.0153. The summed E-state index contributed by atoms with van der Waals surface area (Å²) in [4.78, 5) is 11.8. The second-order valence-electron chi connectivity index (χ2n) is 5.22. The fourth-order valence-corrected chi connectivity index (χ4v) is 3.02. The lowest BCUT2D eigenvalue weighted by molar-refractivity contribution is -0.119.